The summed E-state index contributed by atoms with van der Waals surface area (Å²) in [4.78, 5) is 0. The summed E-state index contributed by atoms with van der Waals surface area (Å²) < 4.78 is 0. The highest BCUT2D eigenvalue weighted by Crippen LogP contribution is 2.30. The summed E-state index contributed by atoms with van der Waals surface area (Å²) in [6.45, 7) is 3.36. The molecule has 1 saturated carbocycles. The third-order valence-electron chi connectivity index (χ3n) is 3.74. The second-order valence-corrected chi connectivity index (χ2v) is 5.73. The molecule has 17 heavy (non-hydrogen) atoms. The quantitative estimate of drug-likeness (QED) is 0.798. The van der Waals surface area contributed by atoms with Crippen LogP contribution in [0.15, 0.2) is 16.8 Å². The molecule has 0 aromatic carbocycles. The molecule has 1 nitrogen and oxygen atoms in total. The van der Waals surface area contributed by atoms with Gasteiger partial charge in [-0.1, -0.05) is 26.2 Å². The van der Waals surface area contributed by atoms with Gasteiger partial charge in [0.15, 0.2) is 0 Å². The van der Waals surface area contributed by atoms with Crippen LogP contribution in [0.5, 0.6) is 0 Å². The number of hydrogen-bond donors (Lipinski definition) is 1. The van der Waals surface area contributed by atoms with Crippen LogP contribution in [0.1, 0.15) is 51.0 Å². The Hall–Kier alpha value is -0.0500. The third-order valence-corrected chi connectivity index (χ3v) is 4.47. The number of unbranched alkanes of at least 4 members (excludes halogenated alkanes) is 1. The molecule has 98 valence electrons. The second-order valence-electron chi connectivity index (χ2n) is 4.95. The molecule has 2 unspecified atom stereocenters. The van der Waals surface area contributed by atoms with Gasteiger partial charge in [0.25, 0.3) is 0 Å². The molecule has 1 N–H and O–H groups in total. The van der Waals surface area contributed by atoms with Gasteiger partial charge in [-0.05, 0) is 47.6 Å². The standard InChI is InChI=1S/C14H23NS.ClH/c1-2-3-5-13-6-4-7-14(13)15-10-12-8-9-16-11-12;/h8-9,11,13-15H,2-7,10H2,1H3;1H. The van der Waals surface area contributed by atoms with Crippen LogP contribution in [0.3, 0.4) is 0 Å². The first kappa shape index (κ1) is 15.0. The SMILES string of the molecule is CCCCC1CCCC1NCc1ccsc1.Cl. The van der Waals surface area contributed by atoms with Crippen molar-refractivity contribution in [1.82, 2.24) is 5.32 Å². The first-order chi connectivity index (χ1) is 7.90. The van der Waals surface area contributed by atoms with E-state index in [0.717, 1.165) is 18.5 Å². The van der Waals surface area contributed by atoms with Gasteiger partial charge in [-0.2, -0.15) is 11.3 Å². The molecule has 0 amide bonds. The summed E-state index contributed by atoms with van der Waals surface area (Å²) in [6, 6.07) is 3.01. The summed E-state index contributed by atoms with van der Waals surface area (Å²) in [6.07, 6.45) is 8.43. The van der Waals surface area contributed by atoms with Crippen molar-refractivity contribution >= 4 is 23.7 Å². The van der Waals surface area contributed by atoms with Crippen LogP contribution in [0.2, 0.25) is 0 Å². The van der Waals surface area contributed by atoms with E-state index in [1.165, 1.54) is 44.1 Å². The predicted octanol–water partition coefficient (Wildman–Crippen LogP) is 4.62. The lowest BCUT2D eigenvalue weighted by Crippen LogP contribution is -2.31. The summed E-state index contributed by atoms with van der Waals surface area (Å²) in [5, 5.41) is 8.17. The third kappa shape index (κ3) is 4.61. The van der Waals surface area contributed by atoms with E-state index >= 15 is 0 Å². The van der Waals surface area contributed by atoms with Crippen molar-refractivity contribution < 1.29 is 0 Å². The molecule has 0 aliphatic heterocycles. The van der Waals surface area contributed by atoms with Crippen LogP contribution < -0.4 is 5.32 Å². The van der Waals surface area contributed by atoms with Crippen LogP contribution >= 0.6 is 23.7 Å². The fourth-order valence-corrected chi connectivity index (χ4v) is 3.43. The van der Waals surface area contributed by atoms with Gasteiger partial charge in [0.2, 0.25) is 0 Å². The molecule has 0 bridgehead atoms. The maximum Gasteiger partial charge on any atom is 0.0216 e. The molecule has 1 heterocycles. The van der Waals surface area contributed by atoms with Crippen molar-refractivity contribution in [2.75, 3.05) is 0 Å². The van der Waals surface area contributed by atoms with Crippen molar-refractivity contribution in [3.05, 3.63) is 22.4 Å². The van der Waals surface area contributed by atoms with E-state index in [1.807, 2.05) is 0 Å². The van der Waals surface area contributed by atoms with Crippen molar-refractivity contribution in [3.63, 3.8) is 0 Å². The van der Waals surface area contributed by atoms with E-state index in [-0.39, 0.29) is 12.4 Å². The van der Waals surface area contributed by atoms with Crippen LogP contribution in [0.25, 0.3) is 0 Å². The zero-order valence-electron chi connectivity index (χ0n) is 10.7. The molecule has 2 atom stereocenters. The molecule has 1 aliphatic rings. The highest BCUT2D eigenvalue weighted by atomic mass is 35.5. The van der Waals surface area contributed by atoms with Gasteiger partial charge in [0.05, 0.1) is 0 Å². The van der Waals surface area contributed by atoms with Gasteiger partial charge in [-0.15, -0.1) is 12.4 Å². The normalized spacial score (nSPS) is 23.6. The minimum absolute atomic E-state index is 0. The lowest BCUT2D eigenvalue weighted by Gasteiger charge is -2.20. The Labute approximate surface area is 115 Å². The average molecular weight is 274 g/mol. The second kappa shape index (κ2) is 8.12. The topological polar surface area (TPSA) is 12.0 Å². The van der Waals surface area contributed by atoms with Gasteiger partial charge in [0, 0.05) is 12.6 Å². The molecule has 3 heteroatoms. The maximum atomic E-state index is 3.75. The minimum Gasteiger partial charge on any atom is -0.310 e. The van der Waals surface area contributed by atoms with E-state index in [2.05, 4.69) is 29.1 Å². The smallest absolute Gasteiger partial charge is 0.0216 e. The fourth-order valence-electron chi connectivity index (χ4n) is 2.76. The van der Waals surface area contributed by atoms with Crippen molar-refractivity contribution in [1.29, 1.82) is 0 Å². The predicted molar refractivity (Wildman–Crippen MR) is 79.1 cm³/mol. The number of rotatable bonds is 6. The number of thiophene rings is 1. The average Bonchev–Trinajstić information content (AvgIpc) is 2.94. The van der Waals surface area contributed by atoms with Gasteiger partial charge in [0.1, 0.15) is 0 Å². The molecule has 1 aliphatic carbocycles. The van der Waals surface area contributed by atoms with E-state index in [9.17, 15) is 0 Å². The summed E-state index contributed by atoms with van der Waals surface area (Å²) in [5.41, 5.74) is 1.45. The largest absolute Gasteiger partial charge is 0.310 e. The number of halogens is 1. The van der Waals surface area contributed by atoms with Gasteiger partial charge >= 0.3 is 0 Å². The lowest BCUT2D eigenvalue weighted by atomic mass is 9.97. The zero-order chi connectivity index (χ0) is 11.2. The summed E-state index contributed by atoms with van der Waals surface area (Å²) >= 11 is 1.80. The molecule has 0 spiro atoms. The molecule has 1 fully saturated rings. The first-order valence-electron chi connectivity index (χ1n) is 6.64. The molecule has 0 radical (unpaired) electrons. The Morgan fingerprint density at radius 1 is 1.41 bits per heavy atom. The monoisotopic (exact) mass is 273 g/mol. The Bertz CT molecular complexity index is 286. The fraction of sp³-hybridized carbons (Fsp3) is 0.714. The van der Waals surface area contributed by atoms with Crippen molar-refractivity contribution in [2.24, 2.45) is 5.92 Å². The van der Waals surface area contributed by atoms with Gasteiger partial charge in [-0.3, -0.25) is 0 Å². The van der Waals surface area contributed by atoms with Crippen molar-refractivity contribution in [3.8, 4) is 0 Å². The minimum atomic E-state index is 0. The number of hydrogen-bond acceptors (Lipinski definition) is 2. The van der Waals surface area contributed by atoms with Gasteiger partial charge in [-0.25, -0.2) is 0 Å². The molecule has 1 aromatic rings. The number of nitrogens with one attached hydrogen (secondary N) is 1. The Kier molecular flexibility index (Phi) is 7.17. The van der Waals surface area contributed by atoms with Crippen molar-refractivity contribution in [2.45, 2.75) is 58.0 Å². The maximum absolute atomic E-state index is 3.75. The van der Waals surface area contributed by atoms with E-state index < -0.39 is 0 Å². The highest BCUT2D eigenvalue weighted by molar-refractivity contribution is 7.07. The molecule has 1 aromatic heterocycles. The van der Waals surface area contributed by atoms with Crippen LogP contribution in [0, 0.1) is 5.92 Å². The van der Waals surface area contributed by atoms with Crippen LogP contribution in [-0.4, -0.2) is 6.04 Å². The zero-order valence-corrected chi connectivity index (χ0v) is 12.3. The van der Waals surface area contributed by atoms with E-state index in [0.29, 0.717) is 0 Å². The first-order valence-corrected chi connectivity index (χ1v) is 7.59. The van der Waals surface area contributed by atoms with Crippen LogP contribution in [0.4, 0.5) is 0 Å². The lowest BCUT2D eigenvalue weighted by molar-refractivity contribution is 0.369. The Morgan fingerprint density at radius 3 is 3.00 bits per heavy atom. The molecule has 2 rings (SSSR count). The van der Waals surface area contributed by atoms with Gasteiger partial charge < -0.3 is 5.32 Å². The molecular formula is C14H24ClNS. The van der Waals surface area contributed by atoms with E-state index in [4.69, 9.17) is 0 Å². The Morgan fingerprint density at radius 2 is 2.29 bits per heavy atom. The van der Waals surface area contributed by atoms with Crippen LogP contribution in [-0.2, 0) is 6.54 Å². The summed E-state index contributed by atoms with van der Waals surface area (Å²) in [7, 11) is 0. The summed E-state index contributed by atoms with van der Waals surface area (Å²) in [5.74, 6) is 0.943. The molecule has 0 saturated heterocycles. The molecular weight excluding hydrogens is 250 g/mol. The highest BCUT2D eigenvalue weighted by Gasteiger charge is 2.25. The Balaban J connectivity index is 0.00000144. The van der Waals surface area contributed by atoms with E-state index in [1.54, 1.807) is 11.3 Å².